The number of anilines is 1. The van der Waals surface area contributed by atoms with Crippen LogP contribution in [0, 0.1) is 6.92 Å². The van der Waals surface area contributed by atoms with E-state index in [-0.39, 0.29) is 18.3 Å². The fourth-order valence-electron chi connectivity index (χ4n) is 2.90. The first-order chi connectivity index (χ1) is 15.0. The van der Waals surface area contributed by atoms with Crippen LogP contribution in [0.5, 0.6) is 5.75 Å². The van der Waals surface area contributed by atoms with Crippen molar-refractivity contribution in [1.82, 2.24) is 14.8 Å². The second kappa shape index (κ2) is 11.0. The Morgan fingerprint density at radius 2 is 2.03 bits per heavy atom. The summed E-state index contributed by atoms with van der Waals surface area (Å²) in [5.41, 5.74) is 2.91. The minimum absolute atomic E-state index is 0.127. The number of thioether (sulfide) groups is 1. The molecule has 0 fully saturated rings. The van der Waals surface area contributed by atoms with E-state index >= 15 is 0 Å². The number of nitrogens with one attached hydrogen (secondary N) is 1. The van der Waals surface area contributed by atoms with E-state index in [0.29, 0.717) is 22.5 Å². The summed E-state index contributed by atoms with van der Waals surface area (Å²) < 4.78 is 7.76. The van der Waals surface area contributed by atoms with Crippen molar-refractivity contribution in [1.29, 1.82) is 0 Å². The summed E-state index contributed by atoms with van der Waals surface area (Å²) in [6, 6.07) is 13.4. The molecule has 1 amide bonds. The standard InChI is InChI=1S/C23H25ClN4O2S/c1-4-12-28-21(14-30-19-9-6-17(5-2)7-10-19)26-27-23(28)31-15-22(29)25-20-11-8-18(24)13-16(20)3/h4,6-11,13H,1,5,12,14-15H2,2-3H3,(H,25,29). The first-order valence-corrected chi connectivity index (χ1v) is 11.3. The van der Waals surface area contributed by atoms with E-state index in [2.05, 4.69) is 29.0 Å². The van der Waals surface area contributed by atoms with Crippen molar-refractivity contribution < 1.29 is 9.53 Å². The Morgan fingerprint density at radius 1 is 1.26 bits per heavy atom. The molecule has 31 heavy (non-hydrogen) atoms. The predicted octanol–water partition coefficient (Wildman–Crippen LogP) is 5.30. The predicted molar refractivity (Wildman–Crippen MR) is 126 cm³/mol. The van der Waals surface area contributed by atoms with Crippen LogP contribution in [0.2, 0.25) is 5.02 Å². The van der Waals surface area contributed by atoms with Crippen molar-refractivity contribution in [3.05, 3.63) is 77.1 Å². The van der Waals surface area contributed by atoms with Crippen molar-refractivity contribution in [3.8, 4) is 5.75 Å². The summed E-state index contributed by atoms with van der Waals surface area (Å²) in [5.74, 6) is 1.53. The molecule has 1 aromatic heterocycles. The van der Waals surface area contributed by atoms with E-state index < -0.39 is 0 Å². The average molecular weight is 457 g/mol. The van der Waals surface area contributed by atoms with Crippen LogP contribution in [0.25, 0.3) is 0 Å². The third-order valence-electron chi connectivity index (χ3n) is 4.60. The molecule has 0 aliphatic heterocycles. The number of aryl methyl sites for hydroxylation is 2. The molecule has 1 N–H and O–H groups in total. The smallest absolute Gasteiger partial charge is 0.234 e. The zero-order valence-corrected chi connectivity index (χ0v) is 19.2. The number of carbonyl (C=O) groups excluding carboxylic acids is 1. The maximum absolute atomic E-state index is 12.4. The van der Waals surface area contributed by atoms with Crippen LogP contribution in [0.3, 0.4) is 0 Å². The van der Waals surface area contributed by atoms with E-state index in [4.69, 9.17) is 16.3 Å². The number of hydrogen-bond donors (Lipinski definition) is 1. The van der Waals surface area contributed by atoms with Crippen molar-refractivity contribution in [2.45, 2.75) is 38.6 Å². The quantitative estimate of drug-likeness (QED) is 0.331. The van der Waals surface area contributed by atoms with E-state index in [9.17, 15) is 4.79 Å². The van der Waals surface area contributed by atoms with Gasteiger partial charge in [0.15, 0.2) is 11.0 Å². The van der Waals surface area contributed by atoms with Gasteiger partial charge >= 0.3 is 0 Å². The molecule has 0 bridgehead atoms. The zero-order chi connectivity index (χ0) is 22.2. The van der Waals surface area contributed by atoms with E-state index in [1.54, 1.807) is 18.2 Å². The average Bonchev–Trinajstić information content (AvgIpc) is 3.15. The van der Waals surface area contributed by atoms with Crippen molar-refractivity contribution >= 4 is 35.0 Å². The number of aromatic nitrogens is 3. The lowest BCUT2D eigenvalue weighted by Crippen LogP contribution is -2.15. The molecule has 0 radical (unpaired) electrons. The molecule has 3 rings (SSSR count). The Bertz CT molecular complexity index is 1050. The van der Waals surface area contributed by atoms with Crippen LogP contribution in [0.4, 0.5) is 5.69 Å². The summed E-state index contributed by atoms with van der Waals surface area (Å²) >= 11 is 7.29. The van der Waals surface area contributed by atoms with Gasteiger partial charge in [0.25, 0.3) is 0 Å². The van der Waals surface area contributed by atoms with Crippen LogP contribution < -0.4 is 10.1 Å². The molecule has 162 valence electrons. The monoisotopic (exact) mass is 456 g/mol. The molecule has 3 aromatic rings. The molecule has 0 spiro atoms. The third-order valence-corrected chi connectivity index (χ3v) is 5.80. The first-order valence-electron chi connectivity index (χ1n) is 9.93. The van der Waals surface area contributed by atoms with Gasteiger partial charge in [0.2, 0.25) is 5.91 Å². The van der Waals surface area contributed by atoms with E-state index in [1.807, 2.05) is 41.8 Å². The van der Waals surface area contributed by atoms with Gasteiger partial charge in [0.1, 0.15) is 12.4 Å². The summed E-state index contributed by atoms with van der Waals surface area (Å²) in [4.78, 5) is 12.4. The van der Waals surface area contributed by atoms with Crippen LogP contribution in [-0.2, 0) is 24.4 Å². The molecular formula is C23H25ClN4O2S. The molecule has 0 saturated carbocycles. The molecule has 0 atom stereocenters. The maximum Gasteiger partial charge on any atom is 0.234 e. The molecular weight excluding hydrogens is 432 g/mol. The molecule has 8 heteroatoms. The Hall–Kier alpha value is -2.77. The Kier molecular flexibility index (Phi) is 8.14. The van der Waals surface area contributed by atoms with Crippen molar-refractivity contribution in [2.75, 3.05) is 11.1 Å². The highest BCUT2D eigenvalue weighted by molar-refractivity contribution is 7.99. The van der Waals surface area contributed by atoms with Crippen molar-refractivity contribution in [3.63, 3.8) is 0 Å². The fraction of sp³-hybridized carbons (Fsp3) is 0.261. The highest BCUT2D eigenvalue weighted by atomic mass is 35.5. The number of halogens is 1. The van der Waals surface area contributed by atoms with Gasteiger partial charge in [-0.05, 0) is 54.8 Å². The Morgan fingerprint density at radius 3 is 2.71 bits per heavy atom. The molecule has 0 aliphatic rings. The lowest BCUT2D eigenvalue weighted by molar-refractivity contribution is -0.113. The summed E-state index contributed by atoms with van der Waals surface area (Å²) in [6.45, 7) is 8.63. The molecule has 1 heterocycles. The number of allylic oxidation sites excluding steroid dienone is 1. The number of ether oxygens (including phenoxy) is 1. The molecule has 2 aromatic carbocycles. The van der Waals surface area contributed by atoms with Crippen LogP contribution in [0.1, 0.15) is 23.9 Å². The summed E-state index contributed by atoms with van der Waals surface area (Å²) in [6.07, 6.45) is 2.75. The molecule has 0 unspecified atom stereocenters. The van der Waals surface area contributed by atoms with Crippen LogP contribution in [0.15, 0.2) is 60.3 Å². The van der Waals surface area contributed by atoms with Crippen LogP contribution in [-0.4, -0.2) is 26.4 Å². The summed E-state index contributed by atoms with van der Waals surface area (Å²) in [7, 11) is 0. The first kappa shape index (κ1) is 22.9. The van der Waals surface area contributed by atoms with E-state index in [1.165, 1.54) is 17.3 Å². The minimum atomic E-state index is -0.127. The molecule has 0 aliphatic carbocycles. The Labute approximate surface area is 191 Å². The van der Waals surface area contributed by atoms with Crippen LogP contribution >= 0.6 is 23.4 Å². The molecule has 6 nitrogen and oxygen atoms in total. The van der Waals surface area contributed by atoms with Gasteiger partial charge in [-0.3, -0.25) is 9.36 Å². The lowest BCUT2D eigenvalue weighted by atomic mass is 10.2. The number of hydrogen-bond acceptors (Lipinski definition) is 5. The topological polar surface area (TPSA) is 69.0 Å². The zero-order valence-electron chi connectivity index (χ0n) is 17.6. The maximum atomic E-state index is 12.4. The second-order valence-electron chi connectivity index (χ2n) is 6.88. The minimum Gasteiger partial charge on any atom is -0.486 e. The third kappa shape index (κ3) is 6.35. The number of rotatable bonds is 10. The van der Waals surface area contributed by atoms with Gasteiger partial charge in [0.05, 0.1) is 5.75 Å². The van der Waals surface area contributed by atoms with Gasteiger partial charge < -0.3 is 10.1 Å². The lowest BCUT2D eigenvalue weighted by Gasteiger charge is -2.10. The normalized spacial score (nSPS) is 10.7. The highest BCUT2D eigenvalue weighted by Crippen LogP contribution is 2.22. The van der Waals surface area contributed by atoms with Gasteiger partial charge in [-0.15, -0.1) is 16.8 Å². The SMILES string of the molecule is C=CCn1c(COc2ccc(CC)cc2)nnc1SCC(=O)Nc1ccc(Cl)cc1C. The largest absolute Gasteiger partial charge is 0.486 e. The number of amides is 1. The van der Waals surface area contributed by atoms with Gasteiger partial charge in [-0.25, -0.2) is 0 Å². The van der Waals surface area contributed by atoms with Gasteiger partial charge in [-0.2, -0.15) is 0 Å². The van der Waals surface area contributed by atoms with Crippen molar-refractivity contribution in [2.24, 2.45) is 0 Å². The highest BCUT2D eigenvalue weighted by Gasteiger charge is 2.14. The number of nitrogens with zero attached hydrogens (tertiary/aromatic N) is 3. The number of benzene rings is 2. The van der Waals surface area contributed by atoms with Gasteiger partial charge in [0, 0.05) is 17.3 Å². The number of carbonyl (C=O) groups is 1. The van der Waals surface area contributed by atoms with Gasteiger partial charge in [-0.1, -0.05) is 48.5 Å². The fourth-order valence-corrected chi connectivity index (χ4v) is 3.89. The molecule has 0 saturated heterocycles. The Balaban J connectivity index is 1.61. The summed E-state index contributed by atoms with van der Waals surface area (Å²) in [5, 5.41) is 12.7. The second-order valence-corrected chi connectivity index (χ2v) is 8.26. The van der Waals surface area contributed by atoms with E-state index in [0.717, 1.165) is 23.4 Å².